The van der Waals surface area contributed by atoms with E-state index in [1.54, 1.807) is 16.8 Å². The molecule has 0 aliphatic rings. The summed E-state index contributed by atoms with van der Waals surface area (Å²) in [4.78, 5) is 23.2. The van der Waals surface area contributed by atoms with Crippen LogP contribution in [0, 0.1) is 6.92 Å². The highest BCUT2D eigenvalue weighted by molar-refractivity contribution is 7.98. The van der Waals surface area contributed by atoms with Gasteiger partial charge in [-0.3, -0.25) is 0 Å². The van der Waals surface area contributed by atoms with Crippen LogP contribution < -0.4 is 10.2 Å². The zero-order chi connectivity index (χ0) is 26.5. The Hall–Kier alpha value is -2.72. The van der Waals surface area contributed by atoms with E-state index in [1.165, 1.54) is 18.8 Å². The van der Waals surface area contributed by atoms with Gasteiger partial charge in [-0.05, 0) is 37.3 Å². The van der Waals surface area contributed by atoms with Gasteiger partial charge in [-0.1, -0.05) is 65.1 Å². The number of ether oxygens (including phenoxy) is 1. The summed E-state index contributed by atoms with van der Waals surface area (Å²) in [5, 5.41) is 9.94. The molecule has 0 atom stereocenters. The van der Waals surface area contributed by atoms with Gasteiger partial charge in [0.2, 0.25) is 0 Å². The van der Waals surface area contributed by atoms with Gasteiger partial charge in [0.1, 0.15) is 22.4 Å². The number of aryl methyl sites for hydroxylation is 1. The maximum Gasteiger partial charge on any atom is 0.406 e. The number of carbonyl (C=O) groups excluding carboxylic acids is 1. The van der Waals surface area contributed by atoms with Crippen LogP contribution in [0.1, 0.15) is 17.8 Å². The van der Waals surface area contributed by atoms with E-state index in [1.807, 2.05) is 31.4 Å². The first kappa shape index (κ1) is 27.3. The van der Waals surface area contributed by atoms with Gasteiger partial charge >= 0.3 is 6.09 Å². The number of nitrogens with zero attached hydrogens (tertiary/aromatic N) is 5. The predicted octanol–water partition coefficient (Wildman–Crippen LogP) is 6.56. The maximum atomic E-state index is 11.5. The van der Waals surface area contributed by atoms with Gasteiger partial charge < -0.3 is 15.0 Å². The summed E-state index contributed by atoms with van der Waals surface area (Å²) in [6.07, 6.45) is 2.08. The Labute approximate surface area is 234 Å². The number of aromatic nitrogens is 4. The highest BCUT2D eigenvalue weighted by atomic mass is 35.5. The first-order valence-electron chi connectivity index (χ1n) is 11.4. The lowest BCUT2D eigenvalue weighted by atomic mass is 10.2. The third-order valence-electron chi connectivity index (χ3n) is 5.50. The topological polar surface area (TPSA) is 85.2 Å². The predicted molar refractivity (Wildman–Crippen MR) is 151 cm³/mol. The van der Waals surface area contributed by atoms with E-state index in [4.69, 9.17) is 54.6 Å². The van der Waals surface area contributed by atoms with E-state index in [2.05, 4.69) is 22.3 Å². The molecule has 2 aromatic heterocycles. The van der Waals surface area contributed by atoms with Gasteiger partial charge in [-0.15, -0.1) is 11.8 Å². The van der Waals surface area contributed by atoms with Crippen LogP contribution in [-0.4, -0.2) is 52.3 Å². The highest BCUT2D eigenvalue weighted by Gasteiger charge is 2.24. The second-order valence-electron chi connectivity index (χ2n) is 8.08. The first-order chi connectivity index (χ1) is 17.8. The van der Waals surface area contributed by atoms with Crippen molar-refractivity contribution in [2.24, 2.45) is 0 Å². The summed E-state index contributed by atoms with van der Waals surface area (Å²) >= 11 is 20.7. The fourth-order valence-corrected chi connectivity index (χ4v) is 5.42. The number of hydrogen-bond acceptors (Lipinski definition) is 7. The van der Waals surface area contributed by atoms with E-state index < -0.39 is 6.09 Å². The van der Waals surface area contributed by atoms with E-state index in [9.17, 15) is 4.79 Å². The van der Waals surface area contributed by atoms with E-state index in [0.29, 0.717) is 51.7 Å². The molecule has 0 saturated heterocycles. The van der Waals surface area contributed by atoms with Gasteiger partial charge in [-0.25, -0.2) is 19.4 Å². The van der Waals surface area contributed by atoms with Crippen molar-refractivity contribution in [1.82, 2.24) is 25.1 Å². The second kappa shape index (κ2) is 12.2. The standard InChI is InChI=1S/C25H25Cl3N6O2S/c1-15-30-22(33(10-7-11-36-25(35)29-2)14-16-8-5-4-6-9-16)20-23(31-15)34(32-24(20)37-3)21-18(27)12-17(26)13-19(21)28/h4-6,8-9,12-13H,7,10-11,14H2,1-3H3,(H,29,35). The van der Waals surface area contributed by atoms with Gasteiger partial charge in [-0.2, -0.15) is 5.10 Å². The fourth-order valence-electron chi connectivity index (χ4n) is 3.90. The van der Waals surface area contributed by atoms with Crippen LogP contribution in [0.25, 0.3) is 16.7 Å². The van der Waals surface area contributed by atoms with Crippen LogP contribution in [0.15, 0.2) is 47.5 Å². The average molecular weight is 580 g/mol. The lowest BCUT2D eigenvalue weighted by Crippen LogP contribution is -2.27. The van der Waals surface area contributed by atoms with Crippen LogP contribution in [0.3, 0.4) is 0 Å². The zero-order valence-corrected chi connectivity index (χ0v) is 23.5. The highest BCUT2D eigenvalue weighted by Crippen LogP contribution is 2.38. The van der Waals surface area contributed by atoms with Crippen LogP contribution in [0.4, 0.5) is 10.6 Å². The molecule has 0 aliphatic carbocycles. The van der Waals surface area contributed by atoms with Crippen molar-refractivity contribution in [1.29, 1.82) is 0 Å². The molecule has 0 unspecified atom stereocenters. The molecule has 4 aromatic rings. The minimum absolute atomic E-state index is 0.267. The molecule has 12 heteroatoms. The van der Waals surface area contributed by atoms with Gasteiger partial charge in [0, 0.05) is 25.2 Å². The fraction of sp³-hybridized carbons (Fsp3) is 0.280. The SMILES string of the molecule is CNC(=O)OCCCN(Cc1ccccc1)c1nc(C)nc2c1c(SC)nn2-c1c(Cl)cc(Cl)cc1Cl. The number of rotatable bonds is 9. The number of benzene rings is 2. The molecule has 2 heterocycles. The Morgan fingerprint density at radius 3 is 2.49 bits per heavy atom. The number of halogens is 3. The Morgan fingerprint density at radius 2 is 1.84 bits per heavy atom. The molecule has 4 rings (SSSR count). The van der Waals surface area contributed by atoms with E-state index >= 15 is 0 Å². The molecule has 0 saturated carbocycles. The number of fused-ring (bicyclic) bond motifs is 1. The molecule has 1 N–H and O–H groups in total. The maximum absolute atomic E-state index is 11.5. The number of hydrogen-bond donors (Lipinski definition) is 1. The van der Waals surface area contributed by atoms with Crippen molar-refractivity contribution in [2.45, 2.75) is 24.9 Å². The summed E-state index contributed by atoms with van der Waals surface area (Å²) in [6.45, 7) is 3.27. The molecule has 0 spiro atoms. The summed E-state index contributed by atoms with van der Waals surface area (Å²) in [7, 11) is 1.53. The normalized spacial score (nSPS) is 11.1. The first-order valence-corrected chi connectivity index (χ1v) is 13.8. The Bertz CT molecular complexity index is 1390. The van der Waals surface area contributed by atoms with Crippen molar-refractivity contribution in [3.05, 3.63) is 68.9 Å². The second-order valence-corrected chi connectivity index (χ2v) is 10.1. The molecule has 8 nitrogen and oxygen atoms in total. The van der Waals surface area contributed by atoms with E-state index in [0.717, 1.165) is 21.8 Å². The van der Waals surface area contributed by atoms with Gasteiger partial charge in [0.15, 0.2) is 5.65 Å². The van der Waals surface area contributed by atoms with E-state index in [-0.39, 0.29) is 6.61 Å². The van der Waals surface area contributed by atoms with Crippen LogP contribution >= 0.6 is 46.6 Å². The Kier molecular flexibility index (Phi) is 9.02. The molecule has 0 fully saturated rings. The molecule has 0 bridgehead atoms. The lowest BCUT2D eigenvalue weighted by molar-refractivity contribution is 0.147. The molecule has 37 heavy (non-hydrogen) atoms. The summed E-state index contributed by atoms with van der Waals surface area (Å²) in [5.41, 5.74) is 2.19. The molecule has 0 aliphatic heterocycles. The third-order valence-corrected chi connectivity index (χ3v) is 6.97. The smallest absolute Gasteiger partial charge is 0.406 e. The van der Waals surface area contributed by atoms with Crippen molar-refractivity contribution in [3.63, 3.8) is 0 Å². The quantitative estimate of drug-likeness (QED) is 0.178. The molecule has 0 radical (unpaired) electrons. The number of thioether (sulfide) groups is 1. The number of alkyl carbamates (subject to hydrolysis) is 1. The van der Waals surface area contributed by atoms with Crippen LogP contribution in [-0.2, 0) is 11.3 Å². The Morgan fingerprint density at radius 1 is 1.14 bits per heavy atom. The summed E-state index contributed by atoms with van der Waals surface area (Å²) in [5.74, 6) is 1.29. The molecular weight excluding hydrogens is 555 g/mol. The number of amides is 1. The third kappa shape index (κ3) is 6.23. The van der Waals surface area contributed by atoms with Gasteiger partial charge in [0.25, 0.3) is 0 Å². The number of carbonyl (C=O) groups is 1. The van der Waals surface area contributed by atoms with Crippen LogP contribution in [0.2, 0.25) is 15.1 Å². The minimum Gasteiger partial charge on any atom is -0.449 e. The Balaban J connectivity index is 1.83. The molecule has 1 amide bonds. The van der Waals surface area contributed by atoms with Crippen LogP contribution in [0.5, 0.6) is 0 Å². The largest absolute Gasteiger partial charge is 0.449 e. The molecule has 2 aromatic carbocycles. The lowest BCUT2D eigenvalue weighted by Gasteiger charge is -2.25. The number of anilines is 1. The van der Waals surface area contributed by atoms with Crippen molar-refractivity contribution in [3.8, 4) is 5.69 Å². The summed E-state index contributed by atoms with van der Waals surface area (Å²) in [6, 6.07) is 13.3. The van der Waals surface area contributed by atoms with Crippen molar-refractivity contribution >= 4 is 69.5 Å². The van der Waals surface area contributed by atoms with Gasteiger partial charge in [0.05, 0.1) is 22.0 Å². The average Bonchev–Trinajstić information content (AvgIpc) is 3.23. The van der Waals surface area contributed by atoms with Crippen molar-refractivity contribution < 1.29 is 9.53 Å². The molecular formula is C25H25Cl3N6O2S. The minimum atomic E-state index is -0.461. The summed E-state index contributed by atoms with van der Waals surface area (Å²) < 4.78 is 6.86. The van der Waals surface area contributed by atoms with Crippen molar-refractivity contribution in [2.75, 3.05) is 31.4 Å². The zero-order valence-electron chi connectivity index (χ0n) is 20.5. The molecule has 194 valence electrons. The number of nitrogens with one attached hydrogen (secondary N) is 1. The monoisotopic (exact) mass is 578 g/mol.